The maximum Gasteiger partial charge on any atom is 0.224 e. The van der Waals surface area contributed by atoms with Gasteiger partial charge in [0.25, 0.3) is 0 Å². The van der Waals surface area contributed by atoms with Crippen molar-refractivity contribution in [1.29, 1.82) is 0 Å². The number of halogens is 1. The molecule has 0 spiro atoms. The first-order valence-corrected chi connectivity index (χ1v) is 5.89. The average molecular weight is 294 g/mol. The number of aromatic nitrogens is 2. The van der Waals surface area contributed by atoms with Gasteiger partial charge in [0.2, 0.25) is 11.8 Å². The highest BCUT2D eigenvalue weighted by Gasteiger charge is 2.05. The first-order valence-electron chi connectivity index (χ1n) is 5.10. The number of rotatable bonds is 2. The fourth-order valence-corrected chi connectivity index (χ4v) is 1.75. The van der Waals surface area contributed by atoms with Crippen molar-refractivity contribution >= 4 is 21.9 Å². The molecule has 4 nitrogen and oxygen atoms in total. The molecule has 5 heteroatoms. The Bertz CT molecular complexity index is 537. The van der Waals surface area contributed by atoms with Gasteiger partial charge in [-0.15, -0.1) is 0 Å². The van der Waals surface area contributed by atoms with Crippen LogP contribution in [0.15, 0.2) is 28.7 Å². The molecular formula is C12H12BrN3O. The Morgan fingerprint density at radius 3 is 2.65 bits per heavy atom. The highest BCUT2D eigenvalue weighted by Crippen LogP contribution is 2.27. The van der Waals surface area contributed by atoms with Crippen LogP contribution in [-0.2, 0) is 0 Å². The normalized spacial score (nSPS) is 10.3. The number of nitrogens with zero attached hydrogens (tertiary/aromatic N) is 2. The number of hydrogen-bond acceptors (Lipinski definition) is 4. The number of nitrogens with two attached hydrogens (primary N) is 1. The molecule has 1 aromatic heterocycles. The molecular weight excluding hydrogens is 282 g/mol. The van der Waals surface area contributed by atoms with E-state index in [9.17, 15) is 0 Å². The summed E-state index contributed by atoms with van der Waals surface area (Å²) in [6.07, 6.45) is 0. The van der Waals surface area contributed by atoms with Crippen LogP contribution in [0.25, 0.3) is 0 Å². The predicted octanol–water partition coefficient (Wildman–Crippen LogP) is 3.23. The van der Waals surface area contributed by atoms with Crippen LogP contribution in [0.1, 0.15) is 11.3 Å². The second-order valence-electron chi connectivity index (χ2n) is 3.72. The van der Waals surface area contributed by atoms with Crippen LogP contribution in [-0.4, -0.2) is 9.97 Å². The molecule has 0 saturated heterocycles. The van der Waals surface area contributed by atoms with Crippen LogP contribution < -0.4 is 10.5 Å². The lowest BCUT2D eigenvalue weighted by atomic mass is 10.2. The maximum atomic E-state index is 5.69. The number of benzene rings is 1. The van der Waals surface area contributed by atoms with Crippen molar-refractivity contribution in [2.75, 3.05) is 5.73 Å². The summed E-state index contributed by atoms with van der Waals surface area (Å²) in [5.74, 6) is 1.42. The molecule has 0 amide bonds. The quantitative estimate of drug-likeness (QED) is 0.923. The lowest BCUT2D eigenvalue weighted by molar-refractivity contribution is 0.458. The molecule has 88 valence electrons. The summed E-state index contributed by atoms with van der Waals surface area (Å²) in [6, 6.07) is 7.57. The van der Waals surface area contributed by atoms with Gasteiger partial charge in [0.1, 0.15) is 5.75 Å². The van der Waals surface area contributed by atoms with Gasteiger partial charge in [-0.2, -0.15) is 4.98 Å². The second kappa shape index (κ2) is 4.71. The van der Waals surface area contributed by atoms with E-state index in [0.29, 0.717) is 5.88 Å². The minimum atomic E-state index is 0.215. The fraction of sp³-hybridized carbons (Fsp3) is 0.167. The van der Waals surface area contributed by atoms with E-state index in [0.717, 1.165) is 21.5 Å². The SMILES string of the molecule is Cc1cc(Oc2cc(Br)ccc2C)nc(N)n1. The van der Waals surface area contributed by atoms with Crippen LogP contribution in [0.4, 0.5) is 5.95 Å². The molecule has 0 atom stereocenters. The van der Waals surface area contributed by atoms with Crippen molar-refractivity contribution in [1.82, 2.24) is 9.97 Å². The Morgan fingerprint density at radius 2 is 1.94 bits per heavy atom. The topological polar surface area (TPSA) is 61.0 Å². The maximum absolute atomic E-state index is 5.69. The molecule has 0 unspecified atom stereocenters. The van der Waals surface area contributed by atoms with E-state index in [1.54, 1.807) is 6.07 Å². The van der Waals surface area contributed by atoms with E-state index < -0.39 is 0 Å². The summed E-state index contributed by atoms with van der Waals surface area (Å²) in [5.41, 5.74) is 7.38. The van der Waals surface area contributed by atoms with E-state index in [4.69, 9.17) is 10.5 Å². The molecule has 0 aliphatic heterocycles. The Kier molecular flexibility index (Phi) is 3.28. The van der Waals surface area contributed by atoms with Gasteiger partial charge < -0.3 is 10.5 Å². The summed E-state index contributed by atoms with van der Waals surface area (Å²) >= 11 is 3.40. The predicted molar refractivity (Wildman–Crippen MR) is 70.1 cm³/mol. The van der Waals surface area contributed by atoms with Gasteiger partial charge in [-0.1, -0.05) is 22.0 Å². The van der Waals surface area contributed by atoms with Gasteiger partial charge in [0.05, 0.1) is 0 Å². The van der Waals surface area contributed by atoms with Crippen LogP contribution >= 0.6 is 15.9 Å². The van der Waals surface area contributed by atoms with Crippen LogP contribution in [0.2, 0.25) is 0 Å². The van der Waals surface area contributed by atoms with Crippen molar-refractivity contribution in [3.63, 3.8) is 0 Å². The lowest BCUT2D eigenvalue weighted by Crippen LogP contribution is -1.99. The number of aryl methyl sites for hydroxylation is 2. The van der Waals surface area contributed by atoms with Gasteiger partial charge >= 0.3 is 0 Å². The molecule has 0 fully saturated rings. The smallest absolute Gasteiger partial charge is 0.224 e. The lowest BCUT2D eigenvalue weighted by Gasteiger charge is -2.09. The number of anilines is 1. The zero-order chi connectivity index (χ0) is 12.4. The van der Waals surface area contributed by atoms with Crippen LogP contribution in [0.5, 0.6) is 11.6 Å². The largest absolute Gasteiger partial charge is 0.439 e. The van der Waals surface area contributed by atoms with Crippen molar-refractivity contribution in [3.05, 3.63) is 40.0 Å². The van der Waals surface area contributed by atoms with Crippen molar-refractivity contribution in [2.45, 2.75) is 13.8 Å². The molecule has 0 bridgehead atoms. The van der Waals surface area contributed by atoms with E-state index in [1.807, 2.05) is 32.0 Å². The van der Waals surface area contributed by atoms with E-state index in [1.165, 1.54) is 0 Å². The molecule has 2 rings (SSSR count). The average Bonchev–Trinajstić information content (AvgIpc) is 2.22. The third-order valence-corrected chi connectivity index (χ3v) is 2.71. The Morgan fingerprint density at radius 1 is 1.18 bits per heavy atom. The van der Waals surface area contributed by atoms with Crippen LogP contribution in [0, 0.1) is 13.8 Å². The van der Waals surface area contributed by atoms with E-state index in [2.05, 4.69) is 25.9 Å². The van der Waals surface area contributed by atoms with Gasteiger partial charge in [-0.25, -0.2) is 4.98 Å². The molecule has 1 aromatic carbocycles. The molecule has 17 heavy (non-hydrogen) atoms. The monoisotopic (exact) mass is 293 g/mol. The zero-order valence-corrected chi connectivity index (χ0v) is 11.2. The second-order valence-corrected chi connectivity index (χ2v) is 4.63. The highest BCUT2D eigenvalue weighted by molar-refractivity contribution is 9.10. The molecule has 2 aromatic rings. The Hall–Kier alpha value is -1.62. The van der Waals surface area contributed by atoms with Gasteiger partial charge in [-0.05, 0) is 31.5 Å². The summed E-state index contributed by atoms with van der Waals surface area (Å²) < 4.78 is 6.65. The van der Waals surface area contributed by atoms with Crippen molar-refractivity contribution in [2.24, 2.45) is 0 Å². The van der Waals surface area contributed by atoms with E-state index in [-0.39, 0.29) is 5.95 Å². The third-order valence-electron chi connectivity index (χ3n) is 2.21. The molecule has 0 aliphatic rings. The van der Waals surface area contributed by atoms with Crippen molar-refractivity contribution < 1.29 is 4.74 Å². The third kappa shape index (κ3) is 2.94. The first-order chi connectivity index (χ1) is 8.04. The summed E-state index contributed by atoms with van der Waals surface area (Å²) in [7, 11) is 0. The standard InChI is InChI=1S/C12H12BrN3O/c1-7-3-4-9(13)6-10(7)17-11-5-8(2)15-12(14)16-11/h3-6H,1-2H3,(H2,14,15,16). The molecule has 1 heterocycles. The van der Waals surface area contributed by atoms with Gasteiger partial charge in [-0.3, -0.25) is 0 Å². The number of ether oxygens (including phenoxy) is 1. The minimum Gasteiger partial charge on any atom is -0.439 e. The van der Waals surface area contributed by atoms with Gasteiger partial charge in [0.15, 0.2) is 0 Å². The van der Waals surface area contributed by atoms with E-state index >= 15 is 0 Å². The zero-order valence-electron chi connectivity index (χ0n) is 9.57. The fourth-order valence-electron chi connectivity index (χ4n) is 1.41. The summed E-state index contributed by atoms with van der Waals surface area (Å²) in [4.78, 5) is 8.02. The minimum absolute atomic E-state index is 0.215. The highest BCUT2D eigenvalue weighted by atomic mass is 79.9. The summed E-state index contributed by atoms with van der Waals surface area (Å²) in [5, 5.41) is 0. The van der Waals surface area contributed by atoms with Gasteiger partial charge in [0, 0.05) is 16.2 Å². The Balaban J connectivity index is 2.34. The first kappa shape index (κ1) is 11.9. The molecule has 0 aliphatic carbocycles. The summed E-state index contributed by atoms with van der Waals surface area (Å²) in [6.45, 7) is 3.82. The molecule has 0 radical (unpaired) electrons. The van der Waals surface area contributed by atoms with Crippen LogP contribution in [0.3, 0.4) is 0 Å². The molecule has 2 N–H and O–H groups in total. The number of nitrogen functional groups attached to an aromatic ring is 1. The molecule has 0 saturated carbocycles. The Labute approximate surface area is 108 Å². The number of hydrogen-bond donors (Lipinski definition) is 1. The van der Waals surface area contributed by atoms with Crippen molar-refractivity contribution in [3.8, 4) is 11.6 Å².